The molecule has 140 valence electrons. The summed E-state index contributed by atoms with van der Waals surface area (Å²) in [6.45, 7) is 3.66. The van der Waals surface area contributed by atoms with Crippen LogP contribution in [0.2, 0.25) is 0 Å². The zero-order valence-corrected chi connectivity index (χ0v) is 15.1. The number of halogens is 2. The van der Waals surface area contributed by atoms with Gasteiger partial charge in [-0.2, -0.15) is 0 Å². The monoisotopic (exact) mass is 364 g/mol. The Morgan fingerprint density at radius 2 is 2.08 bits per heavy atom. The molecule has 2 aromatic heterocycles. The van der Waals surface area contributed by atoms with Crippen molar-refractivity contribution in [2.24, 2.45) is 0 Å². The van der Waals surface area contributed by atoms with Crippen LogP contribution in [0.15, 0.2) is 30.5 Å². The maximum atomic E-state index is 12.8. The van der Waals surface area contributed by atoms with E-state index in [0.717, 1.165) is 18.2 Å². The van der Waals surface area contributed by atoms with Crippen LogP contribution in [0.5, 0.6) is 5.88 Å². The molecule has 0 spiro atoms. The number of amides is 1. The van der Waals surface area contributed by atoms with E-state index in [9.17, 15) is 13.6 Å². The lowest BCUT2D eigenvalue weighted by Gasteiger charge is -2.16. The summed E-state index contributed by atoms with van der Waals surface area (Å²) >= 11 is 0. The van der Waals surface area contributed by atoms with Gasteiger partial charge in [-0.15, -0.1) is 0 Å². The lowest BCUT2D eigenvalue weighted by atomic mass is 10.1. The van der Waals surface area contributed by atoms with Crippen LogP contribution in [-0.2, 0) is 0 Å². The molecule has 2 heterocycles. The summed E-state index contributed by atoms with van der Waals surface area (Å²) in [4.78, 5) is 20.7. The molecule has 0 bridgehead atoms. The quantitative estimate of drug-likeness (QED) is 0.788. The topological polar surface area (TPSA) is 76.1 Å². The largest absolute Gasteiger partial charge is 0.471 e. The minimum atomic E-state index is -2.92. The van der Waals surface area contributed by atoms with Gasteiger partial charge in [0.15, 0.2) is 6.61 Å². The predicted octanol–water partition coefficient (Wildman–Crippen LogP) is 3.35. The Labute approximate surface area is 151 Å². The number of carbonyl (C=O) groups is 1. The van der Waals surface area contributed by atoms with Crippen molar-refractivity contribution in [3.8, 4) is 5.88 Å². The average Bonchev–Trinajstić information content (AvgIpc) is 2.59. The van der Waals surface area contributed by atoms with Crippen LogP contribution < -0.4 is 15.4 Å². The SMILES string of the molecule is CNc1cc(C(=O)NC(C)c2ccc(OCC(C)(F)F)nc2)cc(C)n1. The van der Waals surface area contributed by atoms with Gasteiger partial charge < -0.3 is 15.4 Å². The first-order valence-electron chi connectivity index (χ1n) is 8.12. The van der Waals surface area contributed by atoms with Gasteiger partial charge in [0.2, 0.25) is 5.88 Å². The van der Waals surface area contributed by atoms with Gasteiger partial charge in [0.25, 0.3) is 11.8 Å². The lowest BCUT2D eigenvalue weighted by molar-refractivity contribution is -0.0242. The molecular formula is C18H22F2N4O2. The second kappa shape index (κ2) is 8.07. The Morgan fingerprint density at radius 3 is 2.65 bits per heavy atom. The number of nitrogens with one attached hydrogen (secondary N) is 2. The number of anilines is 1. The molecule has 0 radical (unpaired) electrons. The number of alkyl halides is 2. The van der Waals surface area contributed by atoms with Gasteiger partial charge in [-0.05, 0) is 31.5 Å². The normalized spacial score (nSPS) is 12.4. The molecule has 0 aliphatic carbocycles. The molecule has 6 nitrogen and oxygen atoms in total. The van der Waals surface area contributed by atoms with Gasteiger partial charge in [0, 0.05) is 37.5 Å². The Kier molecular flexibility index (Phi) is 6.07. The zero-order valence-electron chi connectivity index (χ0n) is 15.1. The maximum Gasteiger partial charge on any atom is 0.278 e. The molecule has 0 aliphatic heterocycles. The van der Waals surface area contributed by atoms with Crippen LogP contribution >= 0.6 is 0 Å². The third-order valence-electron chi connectivity index (χ3n) is 3.55. The highest BCUT2D eigenvalue weighted by atomic mass is 19.3. The second-order valence-corrected chi connectivity index (χ2v) is 6.12. The summed E-state index contributed by atoms with van der Waals surface area (Å²) in [5.41, 5.74) is 1.95. The van der Waals surface area contributed by atoms with Crippen molar-refractivity contribution in [1.29, 1.82) is 0 Å². The predicted molar refractivity (Wildman–Crippen MR) is 94.8 cm³/mol. The summed E-state index contributed by atoms with van der Waals surface area (Å²) in [7, 11) is 1.73. The molecule has 0 fully saturated rings. The van der Waals surface area contributed by atoms with E-state index in [4.69, 9.17) is 4.74 Å². The van der Waals surface area contributed by atoms with E-state index in [1.54, 1.807) is 25.2 Å². The third kappa shape index (κ3) is 5.65. The number of nitrogens with zero attached hydrogens (tertiary/aromatic N) is 2. The van der Waals surface area contributed by atoms with Crippen molar-refractivity contribution in [2.45, 2.75) is 32.7 Å². The van der Waals surface area contributed by atoms with Gasteiger partial charge in [-0.3, -0.25) is 4.79 Å². The fourth-order valence-electron chi connectivity index (χ4n) is 2.22. The van der Waals surface area contributed by atoms with Crippen molar-refractivity contribution in [3.05, 3.63) is 47.3 Å². The number of hydrogen-bond acceptors (Lipinski definition) is 5. The molecule has 26 heavy (non-hydrogen) atoms. The third-order valence-corrected chi connectivity index (χ3v) is 3.55. The molecule has 8 heteroatoms. The van der Waals surface area contributed by atoms with E-state index < -0.39 is 12.5 Å². The van der Waals surface area contributed by atoms with Crippen LogP contribution in [0.4, 0.5) is 14.6 Å². The van der Waals surface area contributed by atoms with Crippen LogP contribution in [0.1, 0.15) is 41.5 Å². The van der Waals surface area contributed by atoms with E-state index in [0.29, 0.717) is 11.4 Å². The van der Waals surface area contributed by atoms with Gasteiger partial charge in [-0.1, -0.05) is 6.07 Å². The number of aryl methyl sites for hydroxylation is 1. The van der Waals surface area contributed by atoms with Crippen molar-refractivity contribution >= 4 is 11.7 Å². The molecule has 2 rings (SSSR count). The molecule has 0 aliphatic rings. The number of aromatic nitrogens is 2. The molecule has 0 saturated carbocycles. The molecule has 1 atom stereocenters. The molecule has 1 amide bonds. The Morgan fingerprint density at radius 1 is 1.35 bits per heavy atom. The van der Waals surface area contributed by atoms with Crippen molar-refractivity contribution in [2.75, 3.05) is 19.0 Å². The van der Waals surface area contributed by atoms with Gasteiger partial charge >= 0.3 is 0 Å². The van der Waals surface area contributed by atoms with Gasteiger partial charge in [0.05, 0.1) is 6.04 Å². The maximum absolute atomic E-state index is 12.8. The van der Waals surface area contributed by atoms with E-state index in [-0.39, 0.29) is 17.8 Å². The number of carbonyl (C=O) groups excluding carboxylic acids is 1. The molecule has 0 aromatic carbocycles. The lowest BCUT2D eigenvalue weighted by Crippen LogP contribution is -2.27. The summed E-state index contributed by atoms with van der Waals surface area (Å²) in [6.07, 6.45) is 1.49. The van der Waals surface area contributed by atoms with Gasteiger partial charge in [-0.25, -0.2) is 18.7 Å². The minimum absolute atomic E-state index is 0.109. The summed E-state index contributed by atoms with van der Waals surface area (Å²) in [5, 5.41) is 5.78. The summed E-state index contributed by atoms with van der Waals surface area (Å²) in [5.74, 6) is -2.45. The number of rotatable bonds is 7. The fraction of sp³-hybridized carbons (Fsp3) is 0.389. The molecule has 2 N–H and O–H groups in total. The summed E-state index contributed by atoms with van der Waals surface area (Å²) < 4.78 is 30.5. The van der Waals surface area contributed by atoms with Crippen LogP contribution in [0.25, 0.3) is 0 Å². The van der Waals surface area contributed by atoms with Crippen LogP contribution in [-0.4, -0.2) is 35.5 Å². The summed E-state index contributed by atoms with van der Waals surface area (Å²) in [6, 6.07) is 6.22. The first-order chi connectivity index (χ1) is 12.2. The van der Waals surface area contributed by atoms with Gasteiger partial charge in [0.1, 0.15) is 5.82 Å². The highest BCUT2D eigenvalue weighted by Gasteiger charge is 2.22. The van der Waals surface area contributed by atoms with Crippen molar-refractivity contribution in [3.63, 3.8) is 0 Å². The van der Waals surface area contributed by atoms with Crippen molar-refractivity contribution in [1.82, 2.24) is 15.3 Å². The molecule has 2 aromatic rings. The number of hydrogen-bond donors (Lipinski definition) is 2. The average molecular weight is 364 g/mol. The van der Waals surface area contributed by atoms with Crippen LogP contribution in [0.3, 0.4) is 0 Å². The smallest absolute Gasteiger partial charge is 0.278 e. The first-order valence-corrected chi connectivity index (χ1v) is 8.12. The fourth-order valence-corrected chi connectivity index (χ4v) is 2.22. The Hall–Kier alpha value is -2.77. The van der Waals surface area contributed by atoms with Crippen LogP contribution in [0, 0.1) is 6.92 Å². The zero-order chi connectivity index (χ0) is 19.3. The Balaban J connectivity index is 2.02. The number of pyridine rings is 2. The minimum Gasteiger partial charge on any atom is -0.471 e. The Bertz CT molecular complexity index is 761. The highest BCUT2D eigenvalue weighted by Crippen LogP contribution is 2.18. The first kappa shape index (κ1) is 19.6. The van der Waals surface area contributed by atoms with Crippen molar-refractivity contribution < 1.29 is 18.3 Å². The van der Waals surface area contributed by atoms with E-state index in [1.165, 1.54) is 12.3 Å². The molecule has 0 saturated heterocycles. The highest BCUT2D eigenvalue weighted by molar-refractivity contribution is 5.95. The van der Waals surface area contributed by atoms with E-state index >= 15 is 0 Å². The molecular weight excluding hydrogens is 342 g/mol. The van der Waals surface area contributed by atoms with E-state index in [1.807, 2.05) is 13.8 Å². The van der Waals surface area contributed by atoms with E-state index in [2.05, 4.69) is 20.6 Å². The number of ether oxygens (including phenoxy) is 1. The second-order valence-electron chi connectivity index (χ2n) is 6.12. The standard InChI is InChI=1S/C18H22F2N4O2/c1-11-7-14(8-15(21-4)23-11)17(25)24-12(2)13-5-6-16(22-9-13)26-10-18(3,19)20/h5-9,12H,10H2,1-4H3,(H,21,23)(H,24,25). The molecule has 1 unspecified atom stereocenters.